The van der Waals surface area contributed by atoms with Crippen LogP contribution in [0.2, 0.25) is 18.1 Å². The molecule has 0 saturated carbocycles. The largest absolute Gasteiger partial charge is 0.455 e. The van der Waals surface area contributed by atoms with Crippen LogP contribution in [0.3, 0.4) is 0 Å². The third-order valence-electron chi connectivity index (χ3n) is 4.65. The minimum absolute atomic E-state index is 0.0388. The van der Waals surface area contributed by atoms with Crippen LogP contribution >= 0.6 is 0 Å². The fourth-order valence-corrected chi connectivity index (χ4v) is 3.58. The van der Waals surface area contributed by atoms with E-state index in [0.29, 0.717) is 0 Å². The Morgan fingerprint density at radius 3 is 2.20 bits per heavy atom. The summed E-state index contributed by atoms with van der Waals surface area (Å²) in [4.78, 5) is 12.2. The number of esters is 1. The van der Waals surface area contributed by atoms with Crippen molar-refractivity contribution < 1.29 is 38.0 Å². The monoisotopic (exact) mass is 380 g/mol. The van der Waals surface area contributed by atoms with E-state index in [0.717, 1.165) is 0 Å². The van der Waals surface area contributed by atoms with Crippen LogP contribution in [0.4, 0.5) is 0 Å². The Labute approximate surface area is 150 Å². The highest BCUT2D eigenvalue weighted by Gasteiger charge is 2.52. The molecule has 1 fully saturated rings. The zero-order valence-corrected chi connectivity index (χ0v) is 17.2. The number of cyclic esters (lactones) is 1. The van der Waals surface area contributed by atoms with Gasteiger partial charge < -0.3 is 33.2 Å². The van der Waals surface area contributed by atoms with E-state index < -0.39 is 38.7 Å². The molecular weight excluding hydrogens is 348 g/mol. The van der Waals surface area contributed by atoms with Crippen molar-refractivity contribution >= 4 is 14.3 Å². The second-order valence-electron chi connectivity index (χ2n) is 7.53. The van der Waals surface area contributed by atoms with Gasteiger partial charge in [0.2, 0.25) is 0 Å². The molecule has 0 radical (unpaired) electrons. The van der Waals surface area contributed by atoms with Gasteiger partial charge in [0.05, 0.1) is 6.61 Å². The number of rotatable bonds is 10. The normalized spacial score (nSPS) is 25.9. The summed E-state index contributed by atoms with van der Waals surface area (Å²) in [6.45, 7) is 10.0. The predicted octanol–water partition coefficient (Wildman–Crippen LogP) is 1.27. The van der Waals surface area contributed by atoms with Crippen LogP contribution in [-0.4, -0.2) is 78.2 Å². The molecule has 4 atom stereocenters. The summed E-state index contributed by atoms with van der Waals surface area (Å²) >= 11 is 0. The SMILES string of the molecule is COCO[C@H]1[C@@H]([C@@H](CO)O[Si](C)(C)C(C)(C)C)OC(=O)[C@@H]1OCOC. The van der Waals surface area contributed by atoms with E-state index in [1.165, 1.54) is 14.2 Å². The van der Waals surface area contributed by atoms with Crippen LogP contribution in [-0.2, 0) is 32.9 Å². The summed E-state index contributed by atoms with van der Waals surface area (Å²) < 4.78 is 32.5. The van der Waals surface area contributed by atoms with Crippen LogP contribution < -0.4 is 0 Å². The summed E-state index contributed by atoms with van der Waals surface area (Å²) in [6.07, 6.45) is -3.21. The van der Waals surface area contributed by atoms with Crippen molar-refractivity contribution in [3.8, 4) is 0 Å². The van der Waals surface area contributed by atoms with E-state index in [1.54, 1.807) is 0 Å². The highest BCUT2D eigenvalue weighted by molar-refractivity contribution is 6.74. The molecule has 25 heavy (non-hydrogen) atoms. The van der Waals surface area contributed by atoms with Gasteiger partial charge in [0.15, 0.2) is 20.5 Å². The second kappa shape index (κ2) is 9.40. The lowest BCUT2D eigenvalue weighted by atomic mass is 10.1. The van der Waals surface area contributed by atoms with Gasteiger partial charge in [-0.15, -0.1) is 0 Å². The summed E-state index contributed by atoms with van der Waals surface area (Å²) in [5.41, 5.74) is 0. The molecule has 1 N–H and O–H groups in total. The van der Waals surface area contributed by atoms with Gasteiger partial charge in [-0.2, -0.15) is 0 Å². The number of hydrogen-bond donors (Lipinski definition) is 1. The first-order valence-electron chi connectivity index (χ1n) is 8.29. The first-order chi connectivity index (χ1) is 11.6. The minimum atomic E-state index is -2.19. The predicted molar refractivity (Wildman–Crippen MR) is 92.5 cm³/mol. The van der Waals surface area contributed by atoms with Crippen LogP contribution in [0.5, 0.6) is 0 Å². The molecule has 0 aromatic rings. The van der Waals surface area contributed by atoms with Crippen LogP contribution in [0.1, 0.15) is 20.8 Å². The first kappa shape index (κ1) is 22.5. The van der Waals surface area contributed by atoms with Gasteiger partial charge in [0.25, 0.3) is 0 Å². The third kappa shape index (κ3) is 5.71. The molecular formula is C16H32O8Si. The molecule has 1 saturated heterocycles. The van der Waals surface area contributed by atoms with Crippen LogP contribution in [0.25, 0.3) is 0 Å². The van der Waals surface area contributed by atoms with Crippen LogP contribution in [0.15, 0.2) is 0 Å². The smallest absolute Gasteiger partial charge is 0.338 e. The number of methoxy groups -OCH3 is 2. The summed E-state index contributed by atoms with van der Waals surface area (Å²) in [7, 11) is 0.747. The Morgan fingerprint density at radius 1 is 1.16 bits per heavy atom. The van der Waals surface area contributed by atoms with Crippen molar-refractivity contribution in [3.05, 3.63) is 0 Å². The van der Waals surface area contributed by atoms with Crippen LogP contribution in [0, 0.1) is 0 Å². The molecule has 1 heterocycles. The van der Waals surface area contributed by atoms with Crippen molar-refractivity contribution in [1.29, 1.82) is 0 Å². The molecule has 1 aliphatic heterocycles. The van der Waals surface area contributed by atoms with Crippen molar-refractivity contribution in [3.63, 3.8) is 0 Å². The Hall–Kier alpha value is -0.553. The van der Waals surface area contributed by atoms with Gasteiger partial charge in [-0.3, -0.25) is 0 Å². The van der Waals surface area contributed by atoms with Crippen molar-refractivity contribution in [2.75, 3.05) is 34.4 Å². The van der Waals surface area contributed by atoms with E-state index in [9.17, 15) is 9.90 Å². The van der Waals surface area contributed by atoms with Gasteiger partial charge in [-0.05, 0) is 18.1 Å². The van der Waals surface area contributed by atoms with Gasteiger partial charge >= 0.3 is 5.97 Å². The topological polar surface area (TPSA) is 92.7 Å². The average molecular weight is 381 g/mol. The lowest BCUT2D eigenvalue weighted by Crippen LogP contribution is -2.52. The highest BCUT2D eigenvalue weighted by atomic mass is 28.4. The van der Waals surface area contributed by atoms with Gasteiger partial charge in [0.1, 0.15) is 25.8 Å². The summed E-state index contributed by atoms with van der Waals surface area (Å²) in [5, 5.41) is 9.80. The quantitative estimate of drug-likeness (QED) is 0.344. The number of hydrogen-bond acceptors (Lipinski definition) is 8. The number of ether oxygens (including phenoxy) is 5. The van der Waals surface area contributed by atoms with Gasteiger partial charge in [0, 0.05) is 14.2 Å². The maximum atomic E-state index is 12.2. The summed E-state index contributed by atoms with van der Waals surface area (Å²) in [5.74, 6) is -0.569. The van der Waals surface area contributed by atoms with E-state index in [2.05, 4.69) is 33.9 Å². The van der Waals surface area contributed by atoms with Crippen molar-refractivity contribution in [1.82, 2.24) is 0 Å². The maximum Gasteiger partial charge on any atom is 0.338 e. The average Bonchev–Trinajstić information content (AvgIpc) is 2.83. The Morgan fingerprint density at radius 2 is 1.72 bits per heavy atom. The van der Waals surface area contributed by atoms with E-state index in [4.69, 9.17) is 28.1 Å². The molecule has 8 nitrogen and oxygen atoms in total. The molecule has 1 aliphatic rings. The highest BCUT2D eigenvalue weighted by Crippen LogP contribution is 2.39. The van der Waals surface area contributed by atoms with Crippen molar-refractivity contribution in [2.45, 2.75) is 63.3 Å². The minimum Gasteiger partial charge on any atom is -0.455 e. The molecule has 0 amide bonds. The third-order valence-corrected chi connectivity index (χ3v) is 9.15. The molecule has 148 valence electrons. The zero-order valence-electron chi connectivity index (χ0n) is 16.2. The zero-order chi connectivity index (χ0) is 19.3. The molecule has 0 aromatic heterocycles. The first-order valence-corrected chi connectivity index (χ1v) is 11.2. The molecule has 9 heteroatoms. The molecule has 0 unspecified atom stereocenters. The Kier molecular flexibility index (Phi) is 8.46. The second-order valence-corrected chi connectivity index (χ2v) is 12.3. The molecule has 0 spiro atoms. The van der Waals surface area contributed by atoms with E-state index in [-0.39, 0.29) is 25.2 Å². The fraction of sp³-hybridized carbons (Fsp3) is 0.938. The lowest BCUT2D eigenvalue weighted by molar-refractivity contribution is -0.164. The molecule has 0 aromatic carbocycles. The number of aliphatic hydroxyl groups is 1. The molecule has 0 aliphatic carbocycles. The maximum absolute atomic E-state index is 12.2. The number of aliphatic hydroxyl groups excluding tert-OH is 1. The lowest BCUT2D eigenvalue weighted by Gasteiger charge is -2.40. The van der Waals surface area contributed by atoms with E-state index >= 15 is 0 Å². The molecule has 1 rings (SSSR count). The van der Waals surface area contributed by atoms with E-state index in [1.807, 2.05) is 0 Å². The standard InChI is InChI=1S/C16H32O8Si/c1-16(2,3)25(6,7)24-11(8-17)12-13(21-9-19-4)14(15(18)23-12)22-10-20-5/h11-14,17H,8-10H2,1-7H3/t11-,12-,13+,14-/m1/s1. The van der Waals surface area contributed by atoms with Gasteiger partial charge in [-0.1, -0.05) is 20.8 Å². The summed E-state index contributed by atoms with van der Waals surface area (Å²) in [6, 6.07) is 0. The molecule has 0 bridgehead atoms. The Bertz CT molecular complexity index is 423. The van der Waals surface area contributed by atoms with Gasteiger partial charge in [-0.25, -0.2) is 4.79 Å². The fourth-order valence-electron chi connectivity index (χ4n) is 2.26. The Balaban J connectivity index is 2.97. The number of carbonyl (C=O) groups excluding carboxylic acids is 1. The number of carbonyl (C=O) groups is 1. The van der Waals surface area contributed by atoms with Crippen molar-refractivity contribution in [2.24, 2.45) is 0 Å².